The number of hydrogen-bond acceptors (Lipinski definition) is 6. The fraction of sp³-hybridized carbons (Fsp3) is 0.533. The zero-order valence-electron chi connectivity index (χ0n) is 12.6. The zero-order valence-corrected chi connectivity index (χ0v) is 14.2. The number of esters is 1. The Balaban J connectivity index is 1.99. The first-order chi connectivity index (χ1) is 10.6. The Morgan fingerprint density at radius 1 is 1.45 bits per heavy atom. The number of hydrogen-bond donors (Lipinski definition) is 1. The van der Waals surface area contributed by atoms with E-state index in [-0.39, 0.29) is 16.8 Å². The van der Waals surface area contributed by atoms with Crippen LogP contribution in [-0.2, 0) is 22.4 Å². The molecule has 22 heavy (non-hydrogen) atoms. The van der Waals surface area contributed by atoms with Crippen molar-refractivity contribution in [1.82, 2.24) is 9.97 Å². The van der Waals surface area contributed by atoms with Crippen molar-refractivity contribution in [3.8, 4) is 0 Å². The van der Waals surface area contributed by atoms with Gasteiger partial charge in [0.1, 0.15) is 10.1 Å². The summed E-state index contributed by atoms with van der Waals surface area (Å²) >= 11 is 2.88. The number of thiophene rings is 1. The molecule has 3 rings (SSSR count). The van der Waals surface area contributed by atoms with Gasteiger partial charge in [-0.2, -0.15) is 0 Å². The summed E-state index contributed by atoms with van der Waals surface area (Å²) in [6, 6.07) is 0. The van der Waals surface area contributed by atoms with Crippen LogP contribution in [0.15, 0.2) is 9.95 Å². The standard InChI is InChI=1S/C15H18N2O3S2/c1-3-9(14(19)20-2)22-15-16-12(18)11-8-6-4-5-7-10(8)21-13(11)17-15/h9H,3-7H2,1-2H3,(H,16,17,18). The summed E-state index contributed by atoms with van der Waals surface area (Å²) in [5.74, 6) is -0.291. The van der Waals surface area contributed by atoms with Gasteiger partial charge >= 0.3 is 5.97 Å². The summed E-state index contributed by atoms with van der Waals surface area (Å²) in [6.45, 7) is 1.91. The normalized spacial score (nSPS) is 15.5. The van der Waals surface area contributed by atoms with Gasteiger partial charge in [0.2, 0.25) is 0 Å². The maximum atomic E-state index is 12.4. The second kappa shape index (κ2) is 6.42. The van der Waals surface area contributed by atoms with Crippen molar-refractivity contribution in [2.45, 2.75) is 49.4 Å². The molecule has 0 amide bonds. The number of nitrogens with one attached hydrogen (secondary N) is 1. The smallest absolute Gasteiger partial charge is 0.319 e. The summed E-state index contributed by atoms with van der Waals surface area (Å²) in [7, 11) is 1.37. The summed E-state index contributed by atoms with van der Waals surface area (Å²) < 4.78 is 4.78. The molecule has 1 N–H and O–H groups in total. The van der Waals surface area contributed by atoms with E-state index < -0.39 is 0 Å². The maximum Gasteiger partial charge on any atom is 0.319 e. The maximum absolute atomic E-state index is 12.4. The number of fused-ring (bicyclic) bond motifs is 3. The van der Waals surface area contributed by atoms with Gasteiger partial charge < -0.3 is 9.72 Å². The Morgan fingerprint density at radius 2 is 2.23 bits per heavy atom. The van der Waals surface area contributed by atoms with Crippen molar-refractivity contribution in [1.29, 1.82) is 0 Å². The van der Waals surface area contributed by atoms with Gasteiger partial charge in [0, 0.05) is 4.88 Å². The molecular formula is C15H18N2O3S2. The average Bonchev–Trinajstić information content (AvgIpc) is 2.90. The van der Waals surface area contributed by atoms with Crippen molar-refractivity contribution in [3.63, 3.8) is 0 Å². The van der Waals surface area contributed by atoms with Crippen LogP contribution in [0.2, 0.25) is 0 Å². The second-order valence-corrected chi connectivity index (χ2v) is 7.58. The lowest BCUT2D eigenvalue weighted by Gasteiger charge is -2.11. The summed E-state index contributed by atoms with van der Waals surface area (Å²) in [6.07, 6.45) is 4.94. The number of rotatable bonds is 4. The number of methoxy groups -OCH3 is 1. The van der Waals surface area contributed by atoms with E-state index in [4.69, 9.17) is 4.74 Å². The molecule has 2 heterocycles. The molecule has 7 heteroatoms. The number of ether oxygens (including phenoxy) is 1. The van der Waals surface area contributed by atoms with Gasteiger partial charge in [-0.3, -0.25) is 9.59 Å². The van der Waals surface area contributed by atoms with Crippen LogP contribution in [0.4, 0.5) is 0 Å². The molecule has 0 saturated carbocycles. The predicted molar refractivity (Wildman–Crippen MR) is 88.8 cm³/mol. The van der Waals surface area contributed by atoms with E-state index >= 15 is 0 Å². The number of carbonyl (C=O) groups excluding carboxylic acids is 1. The van der Waals surface area contributed by atoms with E-state index in [1.54, 1.807) is 11.3 Å². The first kappa shape index (κ1) is 15.6. The third kappa shape index (κ3) is 2.79. The quantitative estimate of drug-likeness (QED) is 0.527. The lowest BCUT2D eigenvalue weighted by molar-refractivity contribution is -0.140. The van der Waals surface area contributed by atoms with Crippen LogP contribution >= 0.6 is 23.1 Å². The molecule has 1 unspecified atom stereocenters. The van der Waals surface area contributed by atoms with Crippen molar-refractivity contribution < 1.29 is 9.53 Å². The van der Waals surface area contributed by atoms with E-state index in [0.717, 1.165) is 29.5 Å². The number of carbonyl (C=O) groups is 1. The molecule has 0 spiro atoms. The van der Waals surface area contributed by atoms with Gasteiger partial charge in [0.05, 0.1) is 12.5 Å². The van der Waals surface area contributed by atoms with Gasteiger partial charge in [-0.15, -0.1) is 11.3 Å². The van der Waals surface area contributed by atoms with Crippen LogP contribution in [0, 0.1) is 0 Å². The molecule has 0 aliphatic heterocycles. The minimum absolute atomic E-state index is 0.0911. The van der Waals surface area contributed by atoms with Gasteiger partial charge in [0.15, 0.2) is 5.16 Å². The molecule has 118 valence electrons. The molecule has 0 radical (unpaired) electrons. The first-order valence-corrected chi connectivity index (χ1v) is 9.12. The highest BCUT2D eigenvalue weighted by Gasteiger charge is 2.23. The Morgan fingerprint density at radius 3 is 2.95 bits per heavy atom. The molecule has 2 aromatic rings. The fourth-order valence-electron chi connectivity index (χ4n) is 2.76. The highest BCUT2D eigenvalue weighted by Crippen LogP contribution is 2.34. The van der Waals surface area contributed by atoms with E-state index in [0.29, 0.717) is 11.6 Å². The predicted octanol–water partition coefficient (Wildman–Crippen LogP) is 2.91. The van der Waals surface area contributed by atoms with E-state index in [1.165, 1.54) is 35.7 Å². The van der Waals surface area contributed by atoms with Gasteiger partial charge in [-0.05, 0) is 37.7 Å². The monoisotopic (exact) mass is 338 g/mol. The molecule has 1 atom stereocenters. The van der Waals surface area contributed by atoms with Crippen LogP contribution < -0.4 is 5.56 Å². The van der Waals surface area contributed by atoms with E-state index in [1.807, 2.05) is 6.92 Å². The molecule has 0 bridgehead atoms. The Bertz CT molecular complexity index is 766. The topological polar surface area (TPSA) is 72.0 Å². The van der Waals surface area contributed by atoms with Crippen LogP contribution in [-0.4, -0.2) is 28.3 Å². The van der Waals surface area contributed by atoms with E-state index in [2.05, 4.69) is 9.97 Å². The molecule has 0 saturated heterocycles. The number of aromatic amines is 1. The molecule has 0 aromatic carbocycles. The molecule has 1 aliphatic carbocycles. The van der Waals surface area contributed by atoms with Crippen molar-refractivity contribution >= 4 is 39.3 Å². The van der Waals surface area contributed by atoms with Crippen molar-refractivity contribution in [2.75, 3.05) is 7.11 Å². The van der Waals surface area contributed by atoms with Crippen LogP contribution in [0.5, 0.6) is 0 Å². The Hall–Kier alpha value is -1.34. The fourth-order valence-corrected chi connectivity index (χ4v) is 5.01. The summed E-state index contributed by atoms with van der Waals surface area (Å²) in [4.78, 5) is 33.6. The highest BCUT2D eigenvalue weighted by molar-refractivity contribution is 8.00. The van der Waals surface area contributed by atoms with Gasteiger partial charge in [-0.1, -0.05) is 18.7 Å². The number of H-pyrrole nitrogens is 1. The average molecular weight is 338 g/mol. The Kier molecular flexibility index (Phi) is 4.54. The minimum Gasteiger partial charge on any atom is -0.468 e. The van der Waals surface area contributed by atoms with Gasteiger partial charge in [-0.25, -0.2) is 4.98 Å². The van der Waals surface area contributed by atoms with Gasteiger partial charge in [0.25, 0.3) is 5.56 Å². The summed E-state index contributed by atoms with van der Waals surface area (Å²) in [5, 5.41) is 0.892. The van der Waals surface area contributed by atoms with Crippen molar-refractivity contribution in [3.05, 3.63) is 20.8 Å². The largest absolute Gasteiger partial charge is 0.468 e. The lowest BCUT2D eigenvalue weighted by atomic mass is 9.97. The van der Waals surface area contributed by atoms with Crippen LogP contribution in [0.1, 0.15) is 36.6 Å². The van der Waals surface area contributed by atoms with Crippen LogP contribution in [0.25, 0.3) is 10.2 Å². The zero-order chi connectivity index (χ0) is 15.7. The SMILES string of the molecule is CCC(Sc1nc2sc3c(c2c(=O)[nH]1)CCCC3)C(=O)OC. The van der Waals surface area contributed by atoms with Crippen molar-refractivity contribution in [2.24, 2.45) is 0 Å². The van der Waals surface area contributed by atoms with E-state index in [9.17, 15) is 9.59 Å². The summed E-state index contributed by atoms with van der Waals surface area (Å²) in [5.41, 5.74) is 1.09. The third-order valence-corrected chi connectivity index (χ3v) is 6.30. The number of aryl methyl sites for hydroxylation is 2. The lowest BCUT2D eigenvalue weighted by Crippen LogP contribution is -2.19. The van der Waals surface area contributed by atoms with Crippen LogP contribution in [0.3, 0.4) is 0 Å². The Labute approximate surface area is 136 Å². The third-order valence-electron chi connectivity index (χ3n) is 3.89. The second-order valence-electron chi connectivity index (χ2n) is 5.30. The number of aromatic nitrogens is 2. The minimum atomic E-state index is -0.347. The highest BCUT2D eigenvalue weighted by atomic mass is 32.2. The molecule has 0 fully saturated rings. The molecule has 1 aliphatic rings. The molecule has 2 aromatic heterocycles. The molecule has 5 nitrogen and oxygen atoms in total. The number of thioether (sulfide) groups is 1. The first-order valence-electron chi connectivity index (χ1n) is 7.43. The number of nitrogens with zero attached hydrogens (tertiary/aromatic N) is 1. The molecular weight excluding hydrogens is 320 g/mol.